The number of imide groups is 1. The summed E-state index contributed by atoms with van der Waals surface area (Å²) in [6.45, 7) is 1.78. The molecule has 0 saturated carbocycles. The summed E-state index contributed by atoms with van der Waals surface area (Å²) in [5.41, 5.74) is 2.54. The van der Waals surface area contributed by atoms with Gasteiger partial charge in [-0.2, -0.15) is 0 Å². The maximum absolute atomic E-state index is 12.0. The predicted octanol–water partition coefficient (Wildman–Crippen LogP) is 3.33. The Bertz CT molecular complexity index is 665. The van der Waals surface area contributed by atoms with Gasteiger partial charge in [-0.15, -0.1) is 0 Å². The van der Waals surface area contributed by atoms with Crippen LogP contribution in [0.4, 0.5) is 17.1 Å². The number of nitrogens with zero attached hydrogens (tertiary/aromatic N) is 1. The average molecular weight is 280 g/mol. The number of para-hydroxylation sites is 1. The first-order valence-corrected chi connectivity index (χ1v) is 6.94. The summed E-state index contributed by atoms with van der Waals surface area (Å²) in [6.07, 6.45) is 0.294. The number of rotatable bonds is 3. The summed E-state index contributed by atoms with van der Waals surface area (Å²) >= 11 is 0. The van der Waals surface area contributed by atoms with Crippen molar-refractivity contribution in [3.8, 4) is 0 Å². The molecule has 1 saturated heterocycles. The number of amides is 2. The molecule has 3 rings (SSSR count). The van der Waals surface area contributed by atoms with Crippen LogP contribution in [0.1, 0.15) is 13.3 Å². The van der Waals surface area contributed by atoms with Crippen molar-refractivity contribution in [2.75, 3.05) is 10.2 Å². The summed E-state index contributed by atoms with van der Waals surface area (Å²) in [5.74, 6) is -0.473. The van der Waals surface area contributed by atoms with E-state index in [1.165, 1.54) is 4.90 Å². The van der Waals surface area contributed by atoms with Gasteiger partial charge in [0.25, 0.3) is 0 Å². The highest BCUT2D eigenvalue weighted by molar-refractivity contribution is 6.20. The Balaban J connectivity index is 1.78. The van der Waals surface area contributed by atoms with Crippen molar-refractivity contribution in [2.45, 2.75) is 13.3 Å². The molecule has 2 aromatic rings. The smallest absolute Gasteiger partial charge is 0.237 e. The molecule has 2 aromatic carbocycles. The number of nitrogens with one attached hydrogen (secondary N) is 1. The Morgan fingerprint density at radius 3 is 2.14 bits per heavy atom. The van der Waals surface area contributed by atoms with Crippen LogP contribution < -0.4 is 10.2 Å². The molecule has 1 heterocycles. The first kappa shape index (κ1) is 13.4. The third-order valence-corrected chi connectivity index (χ3v) is 3.56. The molecule has 4 nitrogen and oxygen atoms in total. The summed E-state index contributed by atoms with van der Waals surface area (Å²) in [7, 11) is 0. The highest BCUT2D eigenvalue weighted by atomic mass is 16.2. The van der Waals surface area contributed by atoms with Gasteiger partial charge in [0, 0.05) is 23.7 Å². The van der Waals surface area contributed by atoms with E-state index in [0.717, 1.165) is 11.4 Å². The minimum Gasteiger partial charge on any atom is -0.356 e. The van der Waals surface area contributed by atoms with Gasteiger partial charge in [-0.3, -0.25) is 14.5 Å². The summed E-state index contributed by atoms with van der Waals surface area (Å²) in [4.78, 5) is 25.1. The van der Waals surface area contributed by atoms with Gasteiger partial charge in [-0.1, -0.05) is 25.1 Å². The zero-order valence-corrected chi connectivity index (χ0v) is 11.7. The van der Waals surface area contributed by atoms with Gasteiger partial charge >= 0.3 is 0 Å². The summed E-state index contributed by atoms with van der Waals surface area (Å²) in [5, 5.41) is 3.26. The molecule has 0 bridgehead atoms. The Morgan fingerprint density at radius 2 is 1.57 bits per heavy atom. The van der Waals surface area contributed by atoms with Crippen LogP contribution in [0, 0.1) is 5.92 Å². The van der Waals surface area contributed by atoms with E-state index in [1.807, 2.05) is 42.5 Å². The molecule has 0 spiro atoms. The Morgan fingerprint density at radius 1 is 0.952 bits per heavy atom. The van der Waals surface area contributed by atoms with E-state index in [2.05, 4.69) is 5.32 Å². The molecule has 21 heavy (non-hydrogen) atoms. The van der Waals surface area contributed by atoms with E-state index in [1.54, 1.807) is 19.1 Å². The van der Waals surface area contributed by atoms with Gasteiger partial charge < -0.3 is 5.32 Å². The van der Waals surface area contributed by atoms with Crippen LogP contribution >= 0.6 is 0 Å². The van der Waals surface area contributed by atoms with Crippen LogP contribution in [0.25, 0.3) is 0 Å². The van der Waals surface area contributed by atoms with Crippen LogP contribution in [0.5, 0.6) is 0 Å². The van der Waals surface area contributed by atoms with Crippen LogP contribution in [0.3, 0.4) is 0 Å². The molecular formula is C17H16N2O2. The van der Waals surface area contributed by atoms with E-state index in [4.69, 9.17) is 0 Å². The van der Waals surface area contributed by atoms with Crippen LogP contribution in [0.15, 0.2) is 54.6 Å². The summed E-state index contributed by atoms with van der Waals surface area (Å²) < 4.78 is 0. The first-order chi connectivity index (χ1) is 10.1. The fourth-order valence-electron chi connectivity index (χ4n) is 2.44. The SMILES string of the molecule is CC1CC(=O)N(c2ccc(Nc3ccccc3)cc2)C1=O. The lowest BCUT2D eigenvalue weighted by Crippen LogP contribution is -2.29. The topological polar surface area (TPSA) is 49.4 Å². The van der Waals surface area contributed by atoms with Crippen molar-refractivity contribution in [1.29, 1.82) is 0 Å². The van der Waals surface area contributed by atoms with Gasteiger partial charge in [0.1, 0.15) is 0 Å². The largest absolute Gasteiger partial charge is 0.356 e. The molecule has 1 fully saturated rings. The number of hydrogen-bond acceptors (Lipinski definition) is 3. The first-order valence-electron chi connectivity index (χ1n) is 6.94. The van der Waals surface area contributed by atoms with Crippen molar-refractivity contribution in [3.05, 3.63) is 54.6 Å². The molecule has 1 atom stereocenters. The Hall–Kier alpha value is -2.62. The maximum Gasteiger partial charge on any atom is 0.237 e. The third kappa shape index (κ3) is 2.65. The second-order valence-electron chi connectivity index (χ2n) is 5.21. The minimum atomic E-state index is -0.223. The fourth-order valence-corrected chi connectivity index (χ4v) is 2.44. The van der Waals surface area contributed by atoms with Crippen molar-refractivity contribution in [3.63, 3.8) is 0 Å². The molecule has 0 aliphatic carbocycles. The molecule has 0 radical (unpaired) electrons. The molecule has 2 amide bonds. The molecular weight excluding hydrogens is 264 g/mol. The van der Waals surface area contributed by atoms with E-state index in [0.29, 0.717) is 12.1 Å². The molecule has 1 aliphatic rings. The molecule has 0 aromatic heterocycles. The zero-order chi connectivity index (χ0) is 14.8. The summed E-state index contributed by atoms with van der Waals surface area (Å²) in [6, 6.07) is 17.1. The molecule has 1 unspecified atom stereocenters. The average Bonchev–Trinajstić information content (AvgIpc) is 2.74. The number of hydrogen-bond donors (Lipinski definition) is 1. The molecule has 1 aliphatic heterocycles. The number of benzene rings is 2. The number of anilines is 3. The van der Waals surface area contributed by atoms with Gasteiger partial charge in [0.05, 0.1) is 5.69 Å². The van der Waals surface area contributed by atoms with Gasteiger partial charge in [0.15, 0.2) is 0 Å². The number of carbonyl (C=O) groups is 2. The van der Waals surface area contributed by atoms with Gasteiger partial charge in [-0.05, 0) is 36.4 Å². The lowest BCUT2D eigenvalue weighted by atomic mass is 10.1. The Kier molecular flexibility index (Phi) is 3.44. The third-order valence-electron chi connectivity index (χ3n) is 3.56. The van der Waals surface area contributed by atoms with Gasteiger partial charge in [0.2, 0.25) is 11.8 Å². The minimum absolute atomic E-state index is 0.122. The molecule has 1 N–H and O–H groups in total. The van der Waals surface area contributed by atoms with E-state index in [-0.39, 0.29) is 17.7 Å². The van der Waals surface area contributed by atoms with Crippen LogP contribution in [-0.4, -0.2) is 11.8 Å². The monoisotopic (exact) mass is 280 g/mol. The molecule has 106 valence electrons. The highest BCUT2D eigenvalue weighted by Crippen LogP contribution is 2.27. The quantitative estimate of drug-likeness (QED) is 0.877. The zero-order valence-electron chi connectivity index (χ0n) is 11.7. The maximum atomic E-state index is 12.0. The van der Waals surface area contributed by atoms with Crippen LogP contribution in [-0.2, 0) is 9.59 Å². The lowest BCUT2D eigenvalue weighted by Gasteiger charge is -2.15. The normalized spacial score (nSPS) is 18.1. The van der Waals surface area contributed by atoms with E-state index < -0.39 is 0 Å². The second-order valence-corrected chi connectivity index (χ2v) is 5.21. The van der Waals surface area contributed by atoms with Crippen molar-refractivity contribution in [1.82, 2.24) is 0 Å². The van der Waals surface area contributed by atoms with Crippen molar-refractivity contribution < 1.29 is 9.59 Å². The molecule has 4 heteroatoms. The number of carbonyl (C=O) groups excluding carboxylic acids is 2. The predicted molar refractivity (Wildman–Crippen MR) is 82.4 cm³/mol. The fraction of sp³-hybridized carbons (Fsp3) is 0.176. The van der Waals surface area contributed by atoms with Gasteiger partial charge in [-0.25, -0.2) is 0 Å². The van der Waals surface area contributed by atoms with Crippen molar-refractivity contribution in [2.24, 2.45) is 5.92 Å². The highest BCUT2D eigenvalue weighted by Gasteiger charge is 2.36. The van der Waals surface area contributed by atoms with Crippen molar-refractivity contribution >= 4 is 28.9 Å². The lowest BCUT2D eigenvalue weighted by molar-refractivity contribution is -0.122. The van der Waals surface area contributed by atoms with E-state index in [9.17, 15) is 9.59 Å². The second kappa shape index (κ2) is 5.40. The standard InChI is InChI=1S/C17H16N2O2/c1-12-11-16(20)19(17(12)21)15-9-7-14(8-10-15)18-13-5-3-2-4-6-13/h2-10,12,18H,11H2,1H3. The van der Waals surface area contributed by atoms with Crippen LogP contribution in [0.2, 0.25) is 0 Å². The Labute approximate surface area is 123 Å². The van der Waals surface area contributed by atoms with E-state index >= 15 is 0 Å².